The molecule has 1 aromatic carbocycles. The first-order chi connectivity index (χ1) is 13.7. The number of nitrogens with zero attached hydrogens (tertiary/aromatic N) is 1. The molecule has 0 radical (unpaired) electrons. The standard InChI is InChI=1S/C21H28N2O4S/c1-3-26-18-8-7-16(14-19(18)27-4-2)21(24)22-15-17(20-6-5-13-28-20)23-9-11-25-12-10-23/h5-8,13-14,17H,3-4,9-12,15H2,1-2H3,(H,22,24)/t17-/m1/s1. The molecule has 1 fully saturated rings. The summed E-state index contributed by atoms with van der Waals surface area (Å²) in [6, 6.07) is 9.65. The second-order valence-electron chi connectivity index (χ2n) is 6.42. The quantitative estimate of drug-likeness (QED) is 0.695. The summed E-state index contributed by atoms with van der Waals surface area (Å²) in [5, 5.41) is 5.17. The van der Waals surface area contributed by atoms with Crippen LogP contribution in [-0.4, -0.2) is 56.9 Å². The van der Waals surface area contributed by atoms with Crippen LogP contribution in [0.1, 0.15) is 35.1 Å². The summed E-state index contributed by atoms with van der Waals surface area (Å²) in [5.74, 6) is 1.14. The van der Waals surface area contributed by atoms with Gasteiger partial charge in [-0.25, -0.2) is 0 Å². The Morgan fingerprint density at radius 2 is 1.93 bits per heavy atom. The van der Waals surface area contributed by atoms with E-state index in [2.05, 4.69) is 27.7 Å². The Morgan fingerprint density at radius 3 is 2.61 bits per heavy atom. The molecule has 1 aliphatic rings. The van der Waals surface area contributed by atoms with Crippen molar-refractivity contribution in [2.24, 2.45) is 0 Å². The lowest BCUT2D eigenvalue weighted by Crippen LogP contribution is -2.43. The lowest BCUT2D eigenvalue weighted by atomic mass is 10.1. The first-order valence-electron chi connectivity index (χ1n) is 9.76. The van der Waals surface area contributed by atoms with Crippen molar-refractivity contribution in [3.63, 3.8) is 0 Å². The highest BCUT2D eigenvalue weighted by Crippen LogP contribution is 2.29. The van der Waals surface area contributed by atoms with Crippen LogP contribution in [0.5, 0.6) is 11.5 Å². The molecule has 3 rings (SSSR count). The Kier molecular flexibility index (Phi) is 7.71. The van der Waals surface area contributed by atoms with Crippen LogP contribution in [0.4, 0.5) is 0 Å². The van der Waals surface area contributed by atoms with E-state index in [0.717, 1.165) is 26.3 Å². The molecule has 6 nitrogen and oxygen atoms in total. The Hall–Kier alpha value is -2.09. The number of morpholine rings is 1. The molecule has 0 unspecified atom stereocenters. The molecule has 1 saturated heterocycles. The van der Waals surface area contributed by atoms with Gasteiger partial charge in [-0.05, 0) is 43.5 Å². The Morgan fingerprint density at radius 1 is 1.18 bits per heavy atom. The summed E-state index contributed by atoms with van der Waals surface area (Å²) in [7, 11) is 0. The summed E-state index contributed by atoms with van der Waals surface area (Å²) in [5.41, 5.74) is 0.568. The van der Waals surface area contributed by atoms with Crippen molar-refractivity contribution in [2.45, 2.75) is 19.9 Å². The first-order valence-corrected chi connectivity index (χ1v) is 10.6. The predicted molar refractivity (Wildman–Crippen MR) is 111 cm³/mol. The lowest BCUT2D eigenvalue weighted by molar-refractivity contribution is 0.0169. The molecule has 152 valence electrons. The monoisotopic (exact) mass is 404 g/mol. The molecule has 1 atom stereocenters. The van der Waals surface area contributed by atoms with Gasteiger partial charge in [-0.15, -0.1) is 11.3 Å². The Labute approximate surface area is 170 Å². The van der Waals surface area contributed by atoms with E-state index in [9.17, 15) is 4.79 Å². The van der Waals surface area contributed by atoms with Crippen molar-refractivity contribution in [1.82, 2.24) is 10.2 Å². The number of ether oxygens (including phenoxy) is 3. The number of carbonyl (C=O) groups is 1. The van der Waals surface area contributed by atoms with E-state index >= 15 is 0 Å². The fourth-order valence-corrected chi connectivity index (χ4v) is 4.12. The zero-order chi connectivity index (χ0) is 19.8. The fraction of sp³-hybridized carbons (Fsp3) is 0.476. The number of amides is 1. The number of thiophene rings is 1. The lowest BCUT2D eigenvalue weighted by Gasteiger charge is -2.34. The smallest absolute Gasteiger partial charge is 0.251 e. The predicted octanol–water partition coefficient (Wildman–Crippen LogP) is 3.35. The third kappa shape index (κ3) is 5.25. The Bertz CT molecular complexity index is 745. The van der Waals surface area contributed by atoms with E-state index in [1.807, 2.05) is 13.8 Å². The average molecular weight is 405 g/mol. The summed E-state index contributed by atoms with van der Waals surface area (Å²) in [6.07, 6.45) is 0. The highest BCUT2D eigenvalue weighted by Gasteiger charge is 2.24. The van der Waals surface area contributed by atoms with Crippen LogP contribution in [-0.2, 0) is 4.74 Å². The molecule has 7 heteroatoms. The maximum absolute atomic E-state index is 12.8. The number of carbonyl (C=O) groups excluding carboxylic acids is 1. The zero-order valence-electron chi connectivity index (χ0n) is 16.5. The largest absolute Gasteiger partial charge is 0.490 e. The third-order valence-electron chi connectivity index (χ3n) is 4.62. The van der Waals surface area contributed by atoms with Crippen molar-refractivity contribution in [3.8, 4) is 11.5 Å². The number of hydrogen-bond acceptors (Lipinski definition) is 6. The summed E-state index contributed by atoms with van der Waals surface area (Å²) in [6.45, 7) is 8.65. The molecule has 1 amide bonds. The minimum atomic E-state index is -0.112. The van der Waals surface area contributed by atoms with Crippen LogP contribution in [0, 0.1) is 0 Å². The normalized spacial score (nSPS) is 15.8. The van der Waals surface area contributed by atoms with E-state index in [0.29, 0.717) is 36.8 Å². The third-order valence-corrected chi connectivity index (χ3v) is 5.59. The van der Waals surface area contributed by atoms with Crippen molar-refractivity contribution >= 4 is 17.2 Å². The van der Waals surface area contributed by atoms with Gasteiger partial charge < -0.3 is 19.5 Å². The molecule has 1 aromatic heterocycles. The van der Waals surface area contributed by atoms with E-state index in [-0.39, 0.29) is 11.9 Å². The average Bonchev–Trinajstić information content (AvgIpc) is 3.25. The minimum absolute atomic E-state index is 0.112. The molecule has 1 aliphatic heterocycles. The molecule has 2 heterocycles. The van der Waals surface area contributed by atoms with Crippen molar-refractivity contribution in [2.75, 3.05) is 46.1 Å². The maximum atomic E-state index is 12.8. The van der Waals surface area contributed by atoms with Gasteiger partial charge in [-0.2, -0.15) is 0 Å². The van der Waals surface area contributed by atoms with Crippen LogP contribution in [0.3, 0.4) is 0 Å². The van der Waals surface area contributed by atoms with Gasteiger partial charge in [0.15, 0.2) is 11.5 Å². The summed E-state index contributed by atoms with van der Waals surface area (Å²) in [4.78, 5) is 16.4. The van der Waals surface area contributed by atoms with E-state index < -0.39 is 0 Å². The molecule has 0 spiro atoms. The highest BCUT2D eigenvalue weighted by molar-refractivity contribution is 7.10. The summed E-state index contributed by atoms with van der Waals surface area (Å²) < 4.78 is 16.7. The fourth-order valence-electron chi connectivity index (χ4n) is 3.26. The van der Waals surface area contributed by atoms with Crippen LogP contribution >= 0.6 is 11.3 Å². The first kappa shape index (κ1) is 20.6. The molecule has 2 aromatic rings. The maximum Gasteiger partial charge on any atom is 0.251 e. The Balaban J connectivity index is 1.69. The van der Waals surface area contributed by atoms with Gasteiger partial charge in [-0.3, -0.25) is 9.69 Å². The van der Waals surface area contributed by atoms with Gasteiger partial charge in [0.1, 0.15) is 0 Å². The van der Waals surface area contributed by atoms with Gasteiger partial charge in [0.25, 0.3) is 5.91 Å². The van der Waals surface area contributed by atoms with E-state index in [1.54, 1.807) is 29.5 Å². The zero-order valence-corrected chi connectivity index (χ0v) is 17.3. The number of hydrogen-bond donors (Lipinski definition) is 1. The topological polar surface area (TPSA) is 60.0 Å². The van der Waals surface area contributed by atoms with Gasteiger partial charge in [0.2, 0.25) is 0 Å². The van der Waals surface area contributed by atoms with Crippen LogP contribution in [0.25, 0.3) is 0 Å². The highest BCUT2D eigenvalue weighted by atomic mass is 32.1. The van der Waals surface area contributed by atoms with Gasteiger partial charge >= 0.3 is 0 Å². The SMILES string of the molecule is CCOc1ccc(C(=O)NC[C@H](c2cccs2)N2CCOCC2)cc1OCC. The van der Waals surface area contributed by atoms with E-state index in [1.165, 1.54) is 4.88 Å². The molecular formula is C21H28N2O4S. The van der Waals surface area contributed by atoms with Crippen LogP contribution in [0.2, 0.25) is 0 Å². The van der Waals surface area contributed by atoms with Crippen molar-refractivity contribution in [3.05, 3.63) is 46.2 Å². The number of rotatable bonds is 9. The molecule has 1 N–H and O–H groups in total. The van der Waals surface area contributed by atoms with E-state index in [4.69, 9.17) is 14.2 Å². The van der Waals surface area contributed by atoms with Crippen molar-refractivity contribution in [1.29, 1.82) is 0 Å². The second kappa shape index (κ2) is 10.5. The second-order valence-corrected chi connectivity index (χ2v) is 7.40. The van der Waals surface area contributed by atoms with Gasteiger partial charge in [0.05, 0.1) is 32.5 Å². The molecule has 28 heavy (non-hydrogen) atoms. The van der Waals surface area contributed by atoms with Gasteiger partial charge in [-0.1, -0.05) is 6.07 Å². The van der Waals surface area contributed by atoms with Crippen LogP contribution < -0.4 is 14.8 Å². The molecule has 0 bridgehead atoms. The van der Waals surface area contributed by atoms with Crippen LogP contribution in [0.15, 0.2) is 35.7 Å². The minimum Gasteiger partial charge on any atom is -0.490 e. The van der Waals surface area contributed by atoms with Crippen molar-refractivity contribution < 1.29 is 19.0 Å². The summed E-state index contributed by atoms with van der Waals surface area (Å²) >= 11 is 1.72. The number of nitrogens with one attached hydrogen (secondary N) is 1. The molecular weight excluding hydrogens is 376 g/mol. The van der Waals surface area contributed by atoms with Gasteiger partial charge in [0, 0.05) is 30.1 Å². The number of benzene rings is 1. The molecule has 0 saturated carbocycles. The molecule has 0 aliphatic carbocycles.